The van der Waals surface area contributed by atoms with E-state index >= 15 is 0 Å². The van der Waals surface area contributed by atoms with Gasteiger partial charge < -0.3 is 33.8 Å². The zero-order valence-corrected chi connectivity index (χ0v) is 70.1. The number of esters is 4. The number of carbonyl (C=O) groups excluding carboxylic acids is 4. The van der Waals surface area contributed by atoms with Gasteiger partial charge in [-0.05, 0) is 37.5 Å². The lowest BCUT2D eigenvalue weighted by atomic mass is 9.99. The molecule has 0 aliphatic carbocycles. The number of hydrogen-bond donors (Lipinski definition) is 3. The number of unbranched alkanes of at least 4 members (excludes halogenated alkanes) is 53. The molecule has 0 amide bonds. The molecule has 19 heteroatoms. The van der Waals surface area contributed by atoms with E-state index in [4.69, 9.17) is 37.0 Å². The maximum atomic E-state index is 13.1. The van der Waals surface area contributed by atoms with Crippen molar-refractivity contribution in [1.82, 2.24) is 0 Å². The van der Waals surface area contributed by atoms with Gasteiger partial charge in [0.05, 0.1) is 26.4 Å². The van der Waals surface area contributed by atoms with Crippen molar-refractivity contribution in [2.45, 2.75) is 471 Å². The average molecular weight is 1520 g/mol. The lowest BCUT2D eigenvalue weighted by Crippen LogP contribution is -2.30. The number of carbonyl (C=O) groups is 4. The third-order valence-electron chi connectivity index (χ3n) is 20.3. The van der Waals surface area contributed by atoms with Crippen LogP contribution in [0.3, 0.4) is 0 Å². The van der Waals surface area contributed by atoms with Crippen LogP contribution in [-0.4, -0.2) is 96.7 Å². The van der Waals surface area contributed by atoms with Crippen LogP contribution >= 0.6 is 15.6 Å². The molecule has 0 heterocycles. The molecule has 618 valence electrons. The number of phosphoric acid groups is 2. The van der Waals surface area contributed by atoms with Crippen LogP contribution in [0.4, 0.5) is 0 Å². The third kappa shape index (κ3) is 76.8. The van der Waals surface area contributed by atoms with Crippen molar-refractivity contribution in [3.63, 3.8) is 0 Å². The Hall–Kier alpha value is -1.94. The van der Waals surface area contributed by atoms with Gasteiger partial charge in [0.15, 0.2) is 12.2 Å². The molecule has 0 saturated carbocycles. The highest BCUT2D eigenvalue weighted by molar-refractivity contribution is 7.47. The van der Waals surface area contributed by atoms with E-state index in [1.165, 1.54) is 270 Å². The molecule has 0 rings (SSSR count). The Bertz CT molecular complexity index is 2000. The summed E-state index contributed by atoms with van der Waals surface area (Å²) in [6.07, 6.45) is 68.1. The van der Waals surface area contributed by atoms with Gasteiger partial charge in [0.25, 0.3) is 0 Å². The second-order valence-corrected chi connectivity index (χ2v) is 34.2. The topological polar surface area (TPSA) is 237 Å². The van der Waals surface area contributed by atoms with E-state index in [1.807, 2.05) is 0 Å². The highest BCUT2D eigenvalue weighted by Crippen LogP contribution is 2.45. The highest BCUT2D eigenvalue weighted by atomic mass is 31.2. The molecule has 0 radical (unpaired) electrons. The second-order valence-electron chi connectivity index (χ2n) is 31.3. The fourth-order valence-corrected chi connectivity index (χ4v) is 14.8. The van der Waals surface area contributed by atoms with Crippen molar-refractivity contribution in [3.05, 3.63) is 0 Å². The zero-order valence-electron chi connectivity index (χ0n) is 68.3. The lowest BCUT2D eigenvalue weighted by Gasteiger charge is -2.21. The number of phosphoric ester groups is 2. The maximum Gasteiger partial charge on any atom is 0.472 e. The van der Waals surface area contributed by atoms with Crippen LogP contribution in [0.1, 0.15) is 452 Å². The van der Waals surface area contributed by atoms with Crippen molar-refractivity contribution in [3.8, 4) is 0 Å². The third-order valence-corrected chi connectivity index (χ3v) is 22.2. The molecule has 0 aromatic carbocycles. The molecule has 0 saturated heterocycles. The van der Waals surface area contributed by atoms with Crippen LogP contribution in [0, 0.1) is 11.8 Å². The molecule has 0 aromatic rings. The van der Waals surface area contributed by atoms with Crippen LogP contribution < -0.4 is 0 Å². The number of aliphatic hydroxyl groups is 1. The standard InChI is InChI=1S/C85H166O17P2/c1-7-10-12-14-16-18-19-20-21-22-23-24-25-26-27-32-35-38-45-51-57-63-69-84(89)101-81(74-96-83(88)68-62-56-50-44-37-34-31-29-28-30-33-36-42-47-53-59-65-77(4)5)76-100-104(93,94)98-72-79(86)71-97-103(91,92)99-75-80(73-95-82(87)67-61-55-49-41-17-15-13-11-8-2)102-85(90)70-64-58-52-46-40-39-43-48-54-60-66-78(6)9-3/h77-81,86H,7-76H2,1-6H3,(H,91,92)(H,93,94)/t78?,79-,80+,81+/m0/s1. The molecule has 0 spiro atoms. The molecule has 0 fully saturated rings. The van der Waals surface area contributed by atoms with Crippen molar-refractivity contribution in [2.75, 3.05) is 39.6 Å². The van der Waals surface area contributed by atoms with E-state index in [1.54, 1.807) is 0 Å². The summed E-state index contributed by atoms with van der Waals surface area (Å²) in [6, 6.07) is 0. The summed E-state index contributed by atoms with van der Waals surface area (Å²) in [4.78, 5) is 73.1. The first kappa shape index (κ1) is 102. The largest absolute Gasteiger partial charge is 0.472 e. The SMILES string of the molecule is CCCCCCCCCCCCCCCCCCCCCCCCC(=O)O[C@H](COC(=O)CCCCCCCCCCCCCCCCCCC(C)C)COP(=O)(O)OC[C@@H](O)COP(=O)(O)OC[C@@H](COC(=O)CCCCCCCCCCC)OC(=O)CCCCCCCCCCCCC(C)CC. The Morgan fingerprint density at radius 1 is 0.279 bits per heavy atom. The number of hydrogen-bond acceptors (Lipinski definition) is 15. The van der Waals surface area contributed by atoms with Gasteiger partial charge in [-0.25, -0.2) is 9.13 Å². The van der Waals surface area contributed by atoms with Crippen LogP contribution in [0.25, 0.3) is 0 Å². The second kappa shape index (κ2) is 76.4. The summed E-state index contributed by atoms with van der Waals surface area (Å²) in [5.74, 6) is -0.490. The van der Waals surface area contributed by atoms with Gasteiger partial charge in [0, 0.05) is 25.7 Å². The first-order valence-corrected chi connectivity index (χ1v) is 47.0. The molecule has 104 heavy (non-hydrogen) atoms. The summed E-state index contributed by atoms with van der Waals surface area (Å²) in [6.45, 7) is 9.69. The molecule has 17 nitrogen and oxygen atoms in total. The maximum absolute atomic E-state index is 13.1. The van der Waals surface area contributed by atoms with Crippen LogP contribution in [0.2, 0.25) is 0 Å². The Kier molecular flexibility index (Phi) is 75.0. The van der Waals surface area contributed by atoms with Crippen molar-refractivity contribution >= 4 is 39.5 Å². The number of aliphatic hydroxyl groups excluding tert-OH is 1. The van der Waals surface area contributed by atoms with E-state index in [-0.39, 0.29) is 25.7 Å². The minimum absolute atomic E-state index is 0.107. The first-order valence-electron chi connectivity index (χ1n) is 44.0. The lowest BCUT2D eigenvalue weighted by molar-refractivity contribution is -0.161. The molecule has 0 bridgehead atoms. The Labute approximate surface area is 638 Å². The molecule has 6 atom stereocenters. The van der Waals surface area contributed by atoms with Gasteiger partial charge in [0.2, 0.25) is 0 Å². The highest BCUT2D eigenvalue weighted by Gasteiger charge is 2.30. The summed E-state index contributed by atoms with van der Waals surface area (Å²) < 4.78 is 68.8. The Morgan fingerprint density at radius 2 is 0.490 bits per heavy atom. The fraction of sp³-hybridized carbons (Fsp3) is 0.953. The number of rotatable bonds is 84. The van der Waals surface area contributed by atoms with E-state index in [0.29, 0.717) is 25.7 Å². The van der Waals surface area contributed by atoms with Crippen molar-refractivity contribution in [2.24, 2.45) is 11.8 Å². The van der Waals surface area contributed by atoms with Gasteiger partial charge in [0.1, 0.15) is 19.3 Å². The average Bonchev–Trinajstić information content (AvgIpc) is 0.919. The molecule has 0 aromatic heterocycles. The van der Waals surface area contributed by atoms with Gasteiger partial charge in [-0.2, -0.15) is 0 Å². The molecule has 3 N–H and O–H groups in total. The van der Waals surface area contributed by atoms with E-state index in [0.717, 1.165) is 102 Å². The molecule has 3 unspecified atom stereocenters. The van der Waals surface area contributed by atoms with Crippen LogP contribution in [-0.2, 0) is 65.4 Å². The van der Waals surface area contributed by atoms with Crippen molar-refractivity contribution in [1.29, 1.82) is 0 Å². The summed E-state index contributed by atoms with van der Waals surface area (Å²) in [7, 11) is -9.92. The molecular formula is C85H166O17P2. The number of ether oxygens (including phenoxy) is 4. The van der Waals surface area contributed by atoms with E-state index in [2.05, 4.69) is 41.5 Å². The van der Waals surface area contributed by atoms with Gasteiger partial charge in [-0.15, -0.1) is 0 Å². The summed E-state index contributed by atoms with van der Waals surface area (Å²) in [5, 5.41) is 10.7. The van der Waals surface area contributed by atoms with Crippen LogP contribution in [0.15, 0.2) is 0 Å². The minimum atomic E-state index is -4.96. The van der Waals surface area contributed by atoms with Gasteiger partial charge in [-0.3, -0.25) is 37.3 Å². The zero-order chi connectivity index (χ0) is 76.4. The quantitative estimate of drug-likeness (QED) is 0.0222. The predicted molar refractivity (Wildman–Crippen MR) is 428 cm³/mol. The monoisotopic (exact) mass is 1520 g/mol. The smallest absolute Gasteiger partial charge is 0.462 e. The normalized spacial score (nSPS) is 14.1. The van der Waals surface area contributed by atoms with Gasteiger partial charge in [-0.1, -0.05) is 401 Å². The fourth-order valence-electron chi connectivity index (χ4n) is 13.2. The van der Waals surface area contributed by atoms with E-state index in [9.17, 15) is 43.2 Å². The molecular weight excluding hydrogens is 1350 g/mol. The predicted octanol–water partition coefficient (Wildman–Crippen LogP) is 25.8. The molecule has 0 aliphatic heterocycles. The minimum Gasteiger partial charge on any atom is -0.462 e. The Balaban J connectivity index is 5.20. The van der Waals surface area contributed by atoms with E-state index < -0.39 is 97.5 Å². The summed E-state index contributed by atoms with van der Waals surface area (Å²) >= 11 is 0. The van der Waals surface area contributed by atoms with Gasteiger partial charge >= 0.3 is 39.5 Å². The first-order chi connectivity index (χ1) is 50.4. The van der Waals surface area contributed by atoms with Crippen molar-refractivity contribution < 1.29 is 80.2 Å². The summed E-state index contributed by atoms with van der Waals surface area (Å²) in [5.41, 5.74) is 0. The van der Waals surface area contributed by atoms with Crippen LogP contribution in [0.5, 0.6) is 0 Å². The molecule has 0 aliphatic rings. The Morgan fingerprint density at radius 3 is 0.731 bits per heavy atom.